The molecule has 0 aromatic heterocycles. The Hall–Kier alpha value is -8.46. The zero-order chi connectivity index (χ0) is 45.8. The van der Waals surface area contributed by atoms with E-state index in [4.69, 9.17) is 0 Å². The second-order valence-corrected chi connectivity index (χ2v) is 20.8. The van der Waals surface area contributed by atoms with Crippen molar-refractivity contribution in [3.8, 4) is 33.4 Å². The lowest BCUT2D eigenvalue weighted by Gasteiger charge is -2.51. The first-order valence-corrected chi connectivity index (χ1v) is 25.0. The Morgan fingerprint density at radius 1 is 0.400 bits per heavy atom. The molecule has 1 unspecified atom stereocenters. The quantitative estimate of drug-likeness (QED) is 0.117. The predicted octanol–water partition coefficient (Wildman–Crippen LogP) is 14.9. The van der Waals surface area contributed by atoms with Crippen LogP contribution in [0.2, 0.25) is 0 Å². The van der Waals surface area contributed by atoms with Gasteiger partial charge in [-0.1, -0.05) is 217 Å². The van der Waals surface area contributed by atoms with Crippen molar-refractivity contribution in [3.63, 3.8) is 0 Å². The first-order valence-electron chi connectivity index (χ1n) is 25.0. The van der Waals surface area contributed by atoms with Crippen LogP contribution in [0.15, 0.2) is 218 Å². The third kappa shape index (κ3) is 4.20. The van der Waals surface area contributed by atoms with Crippen LogP contribution in [0.25, 0.3) is 76.5 Å². The van der Waals surface area contributed by atoms with Gasteiger partial charge in [0.25, 0.3) is 0 Å². The second-order valence-electron chi connectivity index (χ2n) is 20.8. The van der Waals surface area contributed by atoms with E-state index in [1.165, 1.54) is 154 Å². The van der Waals surface area contributed by atoms with Gasteiger partial charge in [-0.05, 0) is 152 Å². The van der Waals surface area contributed by atoms with Crippen molar-refractivity contribution in [1.29, 1.82) is 0 Å². The Kier molecular flexibility index (Phi) is 6.86. The molecule has 322 valence electrons. The standard InChI is InChI=1S/C68H42BN/c1-39-33-34-50-56(35-39)67(2)57-36-41(43-26-15-18-40-17-3-4-19-42(40)43)37-61-65(57)69(59-38-51-46-22-6-5-20-44(46)45-21-7-8-25-49(45)62(51)63(50)64(59)67)58-31-16-30-55-66(58)70(61)60-32-14-13-29-54(60)68(55)52-27-11-9-23-47(52)48-24-10-12-28-53(48)68/h3-38H,1-2H3. The number of benzene rings is 12. The highest BCUT2D eigenvalue weighted by atomic mass is 15.2. The monoisotopic (exact) mass is 883 g/mol. The van der Waals surface area contributed by atoms with E-state index in [1.54, 1.807) is 0 Å². The number of hydrogen-bond donors (Lipinski definition) is 0. The molecule has 0 saturated heterocycles. The maximum Gasteiger partial charge on any atom is 0.247 e. The molecule has 12 aromatic carbocycles. The third-order valence-corrected chi connectivity index (χ3v) is 17.7. The van der Waals surface area contributed by atoms with Crippen LogP contribution in [-0.2, 0) is 10.8 Å². The van der Waals surface area contributed by atoms with Crippen LogP contribution >= 0.6 is 0 Å². The normalized spacial score (nSPS) is 16.5. The van der Waals surface area contributed by atoms with Crippen molar-refractivity contribution in [3.05, 3.63) is 263 Å². The van der Waals surface area contributed by atoms with E-state index in [2.05, 4.69) is 237 Å². The minimum atomic E-state index is -0.517. The second kappa shape index (κ2) is 12.8. The summed E-state index contributed by atoms with van der Waals surface area (Å²) in [5, 5.41) is 10.5. The van der Waals surface area contributed by atoms with E-state index in [1.807, 2.05) is 0 Å². The molecule has 0 bridgehead atoms. The van der Waals surface area contributed by atoms with Gasteiger partial charge >= 0.3 is 0 Å². The van der Waals surface area contributed by atoms with Gasteiger partial charge in [-0.3, -0.25) is 0 Å². The molecular weight excluding hydrogens is 842 g/mol. The Morgan fingerprint density at radius 2 is 1.00 bits per heavy atom. The maximum absolute atomic E-state index is 2.71. The zero-order valence-electron chi connectivity index (χ0n) is 38.8. The number of para-hydroxylation sites is 2. The van der Waals surface area contributed by atoms with Crippen molar-refractivity contribution in [2.24, 2.45) is 0 Å². The molecule has 3 aliphatic heterocycles. The molecule has 0 fully saturated rings. The highest BCUT2D eigenvalue weighted by Crippen LogP contribution is 2.65. The third-order valence-electron chi connectivity index (χ3n) is 17.7. The molecule has 12 aromatic rings. The van der Waals surface area contributed by atoms with Gasteiger partial charge in [0, 0.05) is 16.8 Å². The summed E-state index contributed by atoms with van der Waals surface area (Å²) < 4.78 is 0. The Labute approximate surface area is 407 Å². The number of rotatable bonds is 1. The van der Waals surface area contributed by atoms with E-state index >= 15 is 0 Å². The first-order chi connectivity index (χ1) is 34.5. The average Bonchev–Trinajstić information content (AvgIpc) is 3.86. The number of hydrogen-bond acceptors (Lipinski definition) is 1. The fraction of sp³-hybridized carbons (Fsp3) is 0.0588. The summed E-state index contributed by atoms with van der Waals surface area (Å²) in [6, 6.07) is 84.5. The molecule has 0 N–H and O–H groups in total. The van der Waals surface area contributed by atoms with Crippen molar-refractivity contribution < 1.29 is 0 Å². The summed E-state index contributed by atoms with van der Waals surface area (Å²) >= 11 is 0. The van der Waals surface area contributed by atoms with Crippen molar-refractivity contribution in [2.45, 2.75) is 24.7 Å². The van der Waals surface area contributed by atoms with Crippen LogP contribution in [0.5, 0.6) is 0 Å². The average molecular weight is 884 g/mol. The van der Waals surface area contributed by atoms with E-state index in [0.29, 0.717) is 0 Å². The van der Waals surface area contributed by atoms with E-state index < -0.39 is 10.8 Å². The molecule has 2 heteroatoms. The summed E-state index contributed by atoms with van der Waals surface area (Å²) in [5.74, 6) is 0. The van der Waals surface area contributed by atoms with Crippen LogP contribution < -0.4 is 21.3 Å². The SMILES string of the molecule is Cc1ccc2c(c1)C1(C)c3cc(-c4cccc5ccccc45)cc4c3B(c3cccc5c3N4c3ccccc3C53c4ccccc4-c4ccccc43)c3cc4c5ccccc5c5ccccc5c4c-2c31. The molecule has 17 rings (SSSR count). The van der Waals surface area contributed by atoms with Crippen molar-refractivity contribution in [2.75, 3.05) is 4.90 Å². The number of nitrogens with zero attached hydrogens (tertiary/aromatic N) is 1. The fourth-order valence-corrected chi connectivity index (χ4v) is 15.1. The molecule has 0 radical (unpaired) electrons. The van der Waals surface area contributed by atoms with Crippen LogP contribution in [-0.4, -0.2) is 6.71 Å². The molecule has 2 aliphatic carbocycles. The zero-order valence-corrected chi connectivity index (χ0v) is 38.8. The minimum absolute atomic E-state index is 0.0289. The van der Waals surface area contributed by atoms with Gasteiger partial charge in [-0.15, -0.1) is 0 Å². The topological polar surface area (TPSA) is 3.24 Å². The van der Waals surface area contributed by atoms with E-state index in [9.17, 15) is 0 Å². The molecule has 0 saturated carbocycles. The van der Waals surface area contributed by atoms with Gasteiger partial charge < -0.3 is 4.90 Å². The molecule has 0 amide bonds. The Morgan fingerprint density at radius 3 is 1.79 bits per heavy atom. The van der Waals surface area contributed by atoms with Crippen LogP contribution in [0, 0.1) is 6.92 Å². The van der Waals surface area contributed by atoms with E-state index in [0.717, 1.165) is 0 Å². The van der Waals surface area contributed by atoms with Gasteiger partial charge in [-0.2, -0.15) is 0 Å². The lowest BCUT2D eigenvalue weighted by Crippen LogP contribution is -2.65. The van der Waals surface area contributed by atoms with Crippen molar-refractivity contribution >= 4 is 83.3 Å². The largest absolute Gasteiger partial charge is 0.311 e. The van der Waals surface area contributed by atoms with Gasteiger partial charge in [0.2, 0.25) is 6.71 Å². The summed E-state index contributed by atoms with van der Waals surface area (Å²) in [6.07, 6.45) is 0. The van der Waals surface area contributed by atoms with E-state index in [-0.39, 0.29) is 6.71 Å². The summed E-state index contributed by atoms with van der Waals surface area (Å²) in [6.45, 7) is 4.82. The fourth-order valence-electron chi connectivity index (χ4n) is 15.1. The van der Waals surface area contributed by atoms with Crippen LogP contribution in [0.4, 0.5) is 17.1 Å². The lowest BCUT2D eigenvalue weighted by atomic mass is 9.29. The van der Waals surface area contributed by atoms with Gasteiger partial charge in [0.1, 0.15) is 0 Å². The number of anilines is 3. The summed E-state index contributed by atoms with van der Waals surface area (Å²) in [5.41, 5.74) is 26.0. The predicted molar refractivity (Wildman–Crippen MR) is 294 cm³/mol. The maximum atomic E-state index is 2.71. The Balaban J connectivity index is 1.10. The Bertz CT molecular complexity index is 4370. The van der Waals surface area contributed by atoms with Gasteiger partial charge in [0.05, 0.1) is 11.1 Å². The van der Waals surface area contributed by atoms with Crippen LogP contribution in [0.1, 0.15) is 51.4 Å². The molecule has 5 aliphatic rings. The van der Waals surface area contributed by atoms with Gasteiger partial charge in [-0.25, -0.2) is 0 Å². The number of aryl methyl sites for hydroxylation is 1. The molecule has 1 nitrogen and oxygen atoms in total. The van der Waals surface area contributed by atoms with Crippen LogP contribution in [0.3, 0.4) is 0 Å². The highest BCUT2D eigenvalue weighted by molar-refractivity contribution is 6.99. The first kappa shape index (κ1) is 37.5. The minimum Gasteiger partial charge on any atom is -0.311 e. The summed E-state index contributed by atoms with van der Waals surface area (Å²) in [4.78, 5) is 2.71. The van der Waals surface area contributed by atoms with Crippen molar-refractivity contribution in [1.82, 2.24) is 0 Å². The molecule has 3 heterocycles. The molecule has 1 atom stereocenters. The molecule has 1 spiro atoms. The lowest BCUT2D eigenvalue weighted by molar-refractivity contribution is 0.718. The smallest absolute Gasteiger partial charge is 0.247 e. The number of fused-ring (bicyclic) bond motifs is 24. The van der Waals surface area contributed by atoms with Gasteiger partial charge in [0.15, 0.2) is 0 Å². The highest BCUT2D eigenvalue weighted by Gasteiger charge is 2.58. The summed E-state index contributed by atoms with van der Waals surface area (Å²) in [7, 11) is 0. The molecule has 70 heavy (non-hydrogen) atoms. The molecular formula is C68H42BN.